The fraction of sp³-hybridized carbons (Fsp3) is 0.318. The molecule has 0 saturated carbocycles. The first-order chi connectivity index (χ1) is 16.5. The Morgan fingerprint density at radius 3 is 2.97 bits per heavy atom. The van der Waals surface area contributed by atoms with Gasteiger partial charge in [0.15, 0.2) is 23.5 Å². The molecule has 0 radical (unpaired) electrons. The molecule has 0 aliphatic carbocycles. The average Bonchev–Trinajstić information content (AvgIpc) is 3.40. The molecule has 2 aliphatic heterocycles. The number of fused-ring (bicyclic) bond motifs is 2. The predicted molar refractivity (Wildman–Crippen MR) is 123 cm³/mol. The highest BCUT2D eigenvalue weighted by Crippen LogP contribution is 2.33. The summed E-state index contributed by atoms with van der Waals surface area (Å²) in [5, 5.41) is 24.9. The number of imidazole rings is 1. The highest BCUT2D eigenvalue weighted by atomic mass is 16.6. The highest BCUT2D eigenvalue weighted by Gasteiger charge is 2.47. The molecule has 3 aromatic rings. The Morgan fingerprint density at radius 2 is 2.15 bits per heavy atom. The van der Waals surface area contributed by atoms with Gasteiger partial charge >= 0.3 is 0 Å². The molecule has 12 heteroatoms. The molecule has 4 heterocycles. The summed E-state index contributed by atoms with van der Waals surface area (Å²) in [6.45, 7) is 2.03. The normalized spacial score (nSPS) is 24.1. The second-order valence-corrected chi connectivity index (χ2v) is 7.92. The quantitative estimate of drug-likeness (QED) is 0.303. The number of nitrogens with zero attached hydrogens (tertiary/aromatic N) is 5. The maximum absolute atomic E-state index is 12.1. The number of Topliss-reactive ketones (excluding diaryl/α,β-unsaturated/α-hetero) is 1. The topological polar surface area (TPSA) is 170 Å². The van der Waals surface area contributed by atoms with Gasteiger partial charge < -0.3 is 25.4 Å². The standard InChI is InChI=1S/C22H23N7O5/c1-2-13(30)18-16(31)17(32)21(34-18)29-10-24-15-19(23)26-22(27-20(15)29)28-25-8-11-7-12-5-3-4-6-14(12)33-9-11/h3-8,10,16-18,21,31-32H,2,9H2,1H3,(H3,23,26,27,28)/b25-8+/t16-,17+,18+,21+/m0/s1. The Kier molecular flexibility index (Phi) is 5.69. The Balaban J connectivity index is 1.38. The van der Waals surface area contributed by atoms with Crippen LogP contribution in [-0.2, 0) is 9.53 Å². The molecule has 2 aromatic heterocycles. The fourth-order valence-electron chi connectivity index (χ4n) is 3.91. The van der Waals surface area contributed by atoms with Crippen LogP contribution in [0.15, 0.2) is 41.3 Å². The molecule has 0 bridgehead atoms. The zero-order chi connectivity index (χ0) is 23.8. The van der Waals surface area contributed by atoms with E-state index < -0.39 is 24.5 Å². The Bertz CT molecular complexity index is 1300. The summed E-state index contributed by atoms with van der Waals surface area (Å²) in [7, 11) is 0. The average molecular weight is 465 g/mol. The number of aromatic nitrogens is 4. The molecule has 34 heavy (non-hydrogen) atoms. The number of ketones is 1. The molecule has 5 rings (SSSR count). The van der Waals surface area contributed by atoms with Crippen LogP contribution in [0.1, 0.15) is 25.1 Å². The van der Waals surface area contributed by atoms with E-state index in [0.29, 0.717) is 6.61 Å². The molecule has 176 valence electrons. The van der Waals surface area contributed by atoms with Crippen LogP contribution in [0.5, 0.6) is 5.75 Å². The number of hydrogen-bond acceptors (Lipinski definition) is 11. The van der Waals surface area contributed by atoms with Crippen molar-refractivity contribution in [3.05, 3.63) is 41.7 Å². The van der Waals surface area contributed by atoms with E-state index in [2.05, 4.69) is 25.5 Å². The second kappa shape index (κ2) is 8.82. The van der Waals surface area contributed by atoms with Crippen LogP contribution < -0.4 is 15.9 Å². The summed E-state index contributed by atoms with van der Waals surface area (Å²) in [6, 6.07) is 7.69. The lowest BCUT2D eigenvalue weighted by Gasteiger charge is -2.16. The smallest absolute Gasteiger partial charge is 0.247 e. The van der Waals surface area contributed by atoms with Gasteiger partial charge in [-0.3, -0.25) is 9.36 Å². The summed E-state index contributed by atoms with van der Waals surface area (Å²) in [4.78, 5) is 24.8. The fourth-order valence-corrected chi connectivity index (χ4v) is 3.91. The summed E-state index contributed by atoms with van der Waals surface area (Å²) in [5.74, 6) is 0.680. The van der Waals surface area contributed by atoms with Crippen LogP contribution in [0.2, 0.25) is 0 Å². The number of para-hydroxylation sites is 1. The van der Waals surface area contributed by atoms with E-state index >= 15 is 0 Å². The lowest BCUT2D eigenvalue weighted by Crippen LogP contribution is -2.35. The zero-order valence-electron chi connectivity index (χ0n) is 18.2. The van der Waals surface area contributed by atoms with E-state index in [4.69, 9.17) is 15.2 Å². The third-order valence-corrected chi connectivity index (χ3v) is 5.68. The third kappa shape index (κ3) is 3.87. The summed E-state index contributed by atoms with van der Waals surface area (Å²) >= 11 is 0. The number of nitrogens with two attached hydrogens (primary N) is 1. The number of nitrogen functional groups attached to an aromatic ring is 1. The number of aliphatic hydroxyl groups is 2. The maximum Gasteiger partial charge on any atom is 0.247 e. The first kappa shape index (κ1) is 21.9. The molecule has 5 N–H and O–H groups in total. The number of aliphatic hydroxyl groups excluding tert-OH is 2. The van der Waals surface area contributed by atoms with E-state index in [1.807, 2.05) is 30.3 Å². The van der Waals surface area contributed by atoms with Gasteiger partial charge in [0.25, 0.3) is 0 Å². The number of hydrogen-bond donors (Lipinski definition) is 4. The summed E-state index contributed by atoms with van der Waals surface area (Å²) in [5.41, 5.74) is 11.1. The monoisotopic (exact) mass is 465 g/mol. The molecule has 0 unspecified atom stereocenters. The predicted octanol–water partition coefficient (Wildman–Crippen LogP) is 0.880. The van der Waals surface area contributed by atoms with Crippen LogP contribution in [-0.4, -0.2) is 66.6 Å². The van der Waals surface area contributed by atoms with Crippen LogP contribution in [0, 0.1) is 0 Å². The lowest BCUT2D eigenvalue weighted by molar-refractivity contribution is -0.135. The van der Waals surface area contributed by atoms with E-state index in [1.54, 1.807) is 13.1 Å². The van der Waals surface area contributed by atoms with Crippen molar-refractivity contribution in [3.63, 3.8) is 0 Å². The first-order valence-electron chi connectivity index (χ1n) is 10.7. The largest absolute Gasteiger partial charge is 0.488 e. The van der Waals surface area contributed by atoms with E-state index in [1.165, 1.54) is 10.9 Å². The van der Waals surface area contributed by atoms with Gasteiger partial charge in [-0.15, -0.1) is 0 Å². The Hall–Kier alpha value is -3.87. The number of ether oxygens (including phenoxy) is 2. The van der Waals surface area contributed by atoms with Crippen molar-refractivity contribution in [1.29, 1.82) is 0 Å². The van der Waals surface area contributed by atoms with Crippen LogP contribution in [0.25, 0.3) is 17.2 Å². The third-order valence-electron chi connectivity index (χ3n) is 5.68. The van der Waals surface area contributed by atoms with E-state index in [0.717, 1.165) is 16.9 Å². The minimum Gasteiger partial charge on any atom is -0.488 e. The van der Waals surface area contributed by atoms with Crippen molar-refractivity contribution >= 4 is 41.0 Å². The molecular formula is C22H23N7O5. The van der Waals surface area contributed by atoms with Gasteiger partial charge in [0.1, 0.15) is 36.2 Å². The maximum atomic E-state index is 12.1. The van der Waals surface area contributed by atoms with E-state index in [-0.39, 0.29) is 35.1 Å². The number of nitrogens with one attached hydrogen (secondary N) is 1. The van der Waals surface area contributed by atoms with Gasteiger partial charge in [0.05, 0.1) is 12.5 Å². The second-order valence-electron chi connectivity index (χ2n) is 7.92. The SMILES string of the molecule is CCC(=O)[C@H]1O[C@@H](n2cnc3c(N)nc(N/N=C/C4=Cc5ccccc5OC4)nc32)[C@H](O)[C@@H]1O. The zero-order valence-corrected chi connectivity index (χ0v) is 18.2. The number of rotatable bonds is 6. The van der Waals surface area contributed by atoms with Gasteiger partial charge in [-0.05, 0) is 12.1 Å². The molecule has 1 fully saturated rings. The van der Waals surface area contributed by atoms with Gasteiger partial charge in [-0.1, -0.05) is 25.1 Å². The summed E-state index contributed by atoms with van der Waals surface area (Å²) in [6.07, 6.45) is 0.158. The molecule has 4 atom stereocenters. The number of carbonyl (C=O) groups is 1. The highest BCUT2D eigenvalue weighted by molar-refractivity contribution is 5.88. The van der Waals surface area contributed by atoms with Crippen LogP contribution in [0.3, 0.4) is 0 Å². The number of carbonyl (C=O) groups excluding carboxylic acids is 1. The number of benzene rings is 1. The van der Waals surface area contributed by atoms with Crippen molar-refractivity contribution in [3.8, 4) is 5.75 Å². The van der Waals surface area contributed by atoms with Gasteiger partial charge in [0, 0.05) is 17.6 Å². The Labute approximate surface area is 193 Å². The van der Waals surface area contributed by atoms with Crippen LogP contribution in [0.4, 0.5) is 11.8 Å². The van der Waals surface area contributed by atoms with Gasteiger partial charge in [0.2, 0.25) is 5.95 Å². The molecular weight excluding hydrogens is 442 g/mol. The van der Waals surface area contributed by atoms with Crippen LogP contribution >= 0.6 is 0 Å². The van der Waals surface area contributed by atoms with E-state index in [9.17, 15) is 15.0 Å². The number of hydrazone groups is 1. The lowest BCUT2D eigenvalue weighted by atomic mass is 10.1. The molecule has 1 saturated heterocycles. The minimum absolute atomic E-state index is 0.0878. The number of anilines is 2. The van der Waals surface area contributed by atoms with Gasteiger partial charge in [-0.25, -0.2) is 10.4 Å². The van der Waals surface area contributed by atoms with Crippen molar-refractivity contribution in [2.24, 2.45) is 5.10 Å². The van der Waals surface area contributed by atoms with Crippen molar-refractivity contribution in [1.82, 2.24) is 19.5 Å². The minimum atomic E-state index is -1.37. The first-order valence-corrected chi connectivity index (χ1v) is 10.7. The van der Waals surface area contributed by atoms with Crippen molar-refractivity contribution in [2.75, 3.05) is 17.8 Å². The molecule has 0 amide bonds. The van der Waals surface area contributed by atoms with Gasteiger partial charge in [-0.2, -0.15) is 15.1 Å². The van der Waals surface area contributed by atoms with Crippen molar-refractivity contribution in [2.45, 2.75) is 37.9 Å². The molecule has 12 nitrogen and oxygen atoms in total. The molecule has 1 aromatic carbocycles. The summed E-state index contributed by atoms with van der Waals surface area (Å²) < 4.78 is 12.8. The molecule has 2 aliphatic rings. The molecule has 0 spiro atoms. The van der Waals surface area contributed by atoms with Crippen molar-refractivity contribution < 1.29 is 24.5 Å². The Morgan fingerprint density at radius 1 is 1.32 bits per heavy atom.